The van der Waals surface area contributed by atoms with Gasteiger partial charge in [0.1, 0.15) is 6.10 Å². The van der Waals surface area contributed by atoms with Crippen molar-refractivity contribution in [3.63, 3.8) is 0 Å². The molecule has 0 bridgehead atoms. The maximum Gasteiger partial charge on any atom is 0.342 e. The van der Waals surface area contributed by atoms with E-state index in [1.54, 1.807) is 0 Å². The second kappa shape index (κ2) is 16.1. The van der Waals surface area contributed by atoms with E-state index >= 15 is 0 Å². The first-order valence-corrected chi connectivity index (χ1v) is 7.50. The molecule has 113 valence electrons. The van der Waals surface area contributed by atoms with Gasteiger partial charge in [0.05, 0.1) is 0 Å². The van der Waals surface area contributed by atoms with Crippen LogP contribution in [0.15, 0.2) is 0 Å². The molecule has 0 saturated carbocycles. The van der Waals surface area contributed by atoms with Gasteiger partial charge >= 0.3 is 11.9 Å². The van der Waals surface area contributed by atoms with Gasteiger partial charge in [-0.05, 0) is 13.3 Å². The first-order chi connectivity index (χ1) is 9.07. The number of aliphatic hydroxyl groups excluding tert-OH is 1. The number of carbonyl (C=O) groups is 2. The summed E-state index contributed by atoms with van der Waals surface area (Å²) in [5.41, 5.74) is 0. The zero-order valence-electron chi connectivity index (χ0n) is 13.3. The van der Waals surface area contributed by atoms with Crippen LogP contribution in [0.4, 0.5) is 0 Å². The number of ether oxygens (including phenoxy) is 1. The topological polar surface area (TPSA) is 63.6 Å². The summed E-state index contributed by atoms with van der Waals surface area (Å²) in [7, 11) is 0. The average Bonchev–Trinajstić information content (AvgIpc) is 2.36. The van der Waals surface area contributed by atoms with Crippen molar-refractivity contribution in [3.8, 4) is 0 Å². The van der Waals surface area contributed by atoms with Crippen LogP contribution in [0.1, 0.15) is 78.1 Å². The van der Waals surface area contributed by atoms with E-state index in [1.165, 1.54) is 45.4 Å². The fraction of sp³-hybridized carbons (Fsp3) is 0.867. The SMILES string of the molecule is CCCCCCCCCCCC(=O)OC(=O)C(C)O.[K]. The molecule has 0 amide bonds. The molecule has 1 atom stereocenters. The Morgan fingerprint density at radius 3 is 1.85 bits per heavy atom. The van der Waals surface area contributed by atoms with E-state index < -0.39 is 18.0 Å². The Bertz CT molecular complexity index is 254. The Hall–Kier alpha value is 0.736. The predicted octanol–water partition coefficient (Wildman–Crippen LogP) is 2.98. The number of unbranched alkanes of at least 4 members (excludes halogenated alkanes) is 8. The summed E-state index contributed by atoms with van der Waals surface area (Å²) in [5.74, 6) is -1.39. The maximum absolute atomic E-state index is 11.2. The number of esters is 2. The molecule has 1 N–H and O–H groups in total. The van der Waals surface area contributed by atoms with E-state index in [1.807, 2.05) is 0 Å². The minimum absolute atomic E-state index is 0. The van der Waals surface area contributed by atoms with Crippen LogP contribution in [0.2, 0.25) is 0 Å². The van der Waals surface area contributed by atoms with Gasteiger partial charge in [0.25, 0.3) is 0 Å². The van der Waals surface area contributed by atoms with Crippen molar-refractivity contribution in [2.45, 2.75) is 84.2 Å². The summed E-state index contributed by atoms with van der Waals surface area (Å²) < 4.78 is 4.46. The average molecular weight is 311 g/mol. The van der Waals surface area contributed by atoms with Crippen molar-refractivity contribution < 1.29 is 19.4 Å². The summed E-state index contributed by atoms with van der Waals surface area (Å²) in [6, 6.07) is 0. The fourth-order valence-electron chi connectivity index (χ4n) is 1.83. The Morgan fingerprint density at radius 2 is 1.40 bits per heavy atom. The third kappa shape index (κ3) is 15.1. The Kier molecular flexibility index (Phi) is 18.5. The van der Waals surface area contributed by atoms with E-state index in [0.29, 0.717) is 0 Å². The van der Waals surface area contributed by atoms with Crippen molar-refractivity contribution in [2.24, 2.45) is 0 Å². The van der Waals surface area contributed by atoms with Crippen molar-refractivity contribution in [1.82, 2.24) is 0 Å². The molecule has 0 heterocycles. The number of carbonyl (C=O) groups excluding carboxylic acids is 2. The van der Waals surface area contributed by atoms with Crippen molar-refractivity contribution in [2.75, 3.05) is 0 Å². The molecule has 1 unspecified atom stereocenters. The molecule has 20 heavy (non-hydrogen) atoms. The van der Waals surface area contributed by atoms with Crippen LogP contribution >= 0.6 is 0 Å². The normalized spacial score (nSPS) is 11.6. The van der Waals surface area contributed by atoms with Gasteiger partial charge in [-0.3, -0.25) is 4.79 Å². The van der Waals surface area contributed by atoms with Gasteiger partial charge in [0.2, 0.25) is 0 Å². The van der Waals surface area contributed by atoms with Crippen molar-refractivity contribution in [1.29, 1.82) is 0 Å². The van der Waals surface area contributed by atoms with E-state index in [9.17, 15) is 9.59 Å². The molecule has 0 fully saturated rings. The largest absolute Gasteiger partial charge is 0.391 e. The smallest absolute Gasteiger partial charge is 0.342 e. The predicted molar refractivity (Wildman–Crippen MR) is 80.4 cm³/mol. The van der Waals surface area contributed by atoms with E-state index in [4.69, 9.17) is 5.11 Å². The van der Waals surface area contributed by atoms with Gasteiger partial charge in [-0.1, -0.05) is 58.3 Å². The molecule has 0 aromatic carbocycles. The summed E-state index contributed by atoms with van der Waals surface area (Å²) in [6.45, 7) is 3.50. The molecule has 5 heteroatoms. The fourth-order valence-corrected chi connectivity index (χ4v) is 1.83. The number of hydrogen-bond donors (Lipinski definition) is 1. The molecule has 0 rings (SSSR count). The molecule has 0 aromatic rings. The maximum atomic E-state index is 11.2. The quantitative estimate of drug-likeness (QED) is 0.276. The zero-order valence-corrected chi connectivity index (χ0v) is 16.4. The van der Waals surface area contributed by atoms with Gasteiger partial charge in [0.15, 0.2) is 0 Å². The first kappa shape index (κ1) is 23.0. The van der Waals surface area contributed by atoms with Gasteiger partial charge in [-0.2, -0.15) is 0 Å². The van der Waals surface area contributed by atoms with Gasteiger partial charge in [-0.25, -0.2) is 4.79 Å². The molecule has 0 aliphatic rings. The molecule has 1 radical (unpaired) electrons. The van der Waals surface area contributed by atoms with Crippen LogP contribution in [-0.2, 0) is 14.3 Å². The molecule has 0 aromatic heterocycles. The molecule has 0 spiro atoms. The van der Waals surface area contributed by atoms with Crippen LogP contribution in [0.5, 0.6) is 0 Å². The number of aliphatic hydroxyl groups is 1. The van der Waals surface area contributed by atoms with Crippen LogP contribution in [0, 0.1) is 0 Å². The van der Waals surface area contributed by atoms with E-state index in [-0.39, 0.29) is 57.8 Å². The second-order valence-electron chi connectivity index (χ2n) is 5.05. The minimum atomic E-state index is -1.23. The second-order valence-corrected chi connectivity index (χ2v) is 5.05. The molecule has 0 saturated heterocycles. The van der Waals surface area contributed by atoms with Crippen LogP contribution < -0.4 is 0 Å². The molecule has 4 nitrogen and oxygen atoms in total. The zero-order chi connectivity index (χ0) is 14.5. The van der Waals surface area contributed by atoms with Crippen LogP contribution in [-0.4, -0.2) is 74.5 Å². The van der Waals surface area contributed by atoms with Gasteiger partial charge in [-0.15, -0.1) is 0 Å². The Labute approximate surface area is 165 Å². The molecular weight excluding hydrogens is 283 g/mol. The van der Waals surface area contributed by atoms with E-state index in [0.717, 1.165) is 19.3 Å². The van der Waals surface area contributed by atoms with Crippen molar-refractivity contribution >= 4 is 63.3 Å². The first-order valence-electron chi connectivity index (χ1n) is 7.50. The summed E-state index contributed by atoms with van der Waals surface area (Å²) in [5, 5.41) is 8.87. The molecule has 0 aliphatic heterocycles. The van der Waals surface area contributed by atoms with Crippen molar-refractivity contribution in [3.05, 3.63) is 0 Å². The monoisotopic (exact) mass is 311 g/mol. The summed E-state index contributed by atoms with van der Waals surface area (Å²) in [6.07, 6.45) is 9.60. The number of rotatable bonds is 11. The Morgan fingerprint density at radius 1 is 0.950 bits per heavy atom. The Balaban J connectivity index is 0. The van der Waals surface area contributed by atoms with Gasteiger partial charge < -0.3 is 9.84 Å². The standard InChI is InChI=1S/C15H28O4.K/c1-3-4-5-6-7-8-9-10-11-12-14(17)19-15(18)13(2)16;/h13,16H,3-12H2,1-2H3;. The van der Waals surface area contributed by atoms with Gasteiger partial charge in [0, 0.05) is 57.8 Å². The minimum Gasteiger partial charge on any atom is -0.391 e. The summed E-state index contributed by atoms with van der Waals surface area (Å²) in [4.78, 5) is 22.1. The third-order valence-corrected chi connectivity index (χ3v) is 3.04. The van der Waals surface area contributed by atoms with E-state index in [2.05, 4.69) is 11.7 Å². The van der Waals surface area contributed by atoms with Crippen LogP contribution in [0.25, 0.3) is 0 Å². The van der Waals surface area contributed by atoms with Crippen LogP contribution in [0.3, 0.4) is 0 Å². The molecular formula is C15H28KO4. The summed E-state index contributed by atoms with van der Waals surface area (Å²) >= 11 is 0. The number of hydrogen-bond acceptors (Lipinski definition) is 4. The third-order valence-electron chi connectivity index (χ3n) is 3.04. The molecule has 0 aliphatic carbocycles.